The van der Waals surface area contributed by atoms with E-state index in [-0.39, 0.29) is 5.63 Å². The SMILES string of the molecule is CC1=Cc2c(c3ncccc3oc2=O)C1. The first kappa shape index (κ1) is 8.41. The average Bonchev–Trinajstić information content (AvgIpc) is 2.61. The highest BCUT2D eigenvalue weighted by molar-refractivity contribution is 5.82. The molecule has 0 fully saturated rings. The lowest BCUT2D eigenvalue weighted by atomic mass is 10.1. The first-order valence-corrected chi connectivity index (χ1v) is 4.83. The molecule has 3 heteroatoms. The maximum absolute atomic E-state index is 11.6. The Morgan fingerprint density at radius 3 is 3.20 bits per heavy atom. The largest absolute Gasteiger partial charge is 0.421 e. The Balaban J connectivity index is 2.48. The minimum atomic E-state index is -0.262. The number of fused-ring (bicyclic) bond motifs is 3. The Kier molecular flexibility index (Phi) is 1.57. The summed E-state index contributed by atoms with van der Waals surface area (Å²) in [6.07, 6.45) is 4.40. The van der Waals surface area contributed by atoms with Crippen molar-refractivity contribution in [3.63, 3.8) is 0 Å². The van der Waals surface area contributed by atoms with Crippen molar-refractivity contribution in [3.05, 3.63) is 45.4 Å². The van der Waals surface area contributed by atoms with Gasteiger partial charge in [0.2, 0.25) is 0 Å². The minimum absolute atomic E-state index is 0.262. The van der Waals surface area contributed by atoms with E-state index in [9.17, 15) is 4.79 Å². The van der Waals surface area contributed by atoms with Crippen LogP contribution in [0.4, 0.5) is 0 Å². The molecule has 3 rings (SSSR count). The topological polar surface area (TPSA) is 43.1 Å². The third kappa shape index (κ3) is 1.13. The van der Waals surface area contributed by atoms with Crippen LogP contribution in [0.2, 0.25) is 0 Å². The zero-order valence-electron chi connectivity index (χ0n) is 8.28. The molecule has 0 N–H and O–H groups in total. The van der Waals surface area contributed by atoms with E-state index >= 15 is 0 Å². The van der Waals surface area contributed by atoms with Crippen molar-refractivity contribution in [1.29, 1.82) is 0 Å². The second kappa shape index (κ2) is 2.79. The first-order chi connectivity index (χ1) is 7.25. The van der Waals surface area contributed by atoms with Gasteiger partial charge in [-0.1, -0.05) is 5.57 Å². The summed E-state index contributed by atoms with van der Waals surface area (Å²) in [5.41, 5.74) is 3.96. The summed E-state index contributed by atoms with van der Waals surface area (Å²) in [6, 6.07) is 3.55. The fraction of sp³-hybridized carbons (Fsp3) is 0.167. The molecular formula is C12H9NO2. The number of nitrogens with zero attached hydrogens (tertiary/aromatic N) is 1. The molecule has 15 heavy (non-hydrogen) atoms. The molecule has 0 unspecified atom stereocenters. The summed E-state index contributed by atoms with van der Waals surface area (Å²) < 4.78 is 5.19. The van der Waals surface area contributed by atoms with Gasteiger partial charge in [0.25, 0.3) is 0 Å². The van der Waals surface area contributed by atoms with Gasteiger partial charge in [0, 0.05) is 11.8 Å². The number of rotatable bonds is 0. The van der Waals surface area contributed by atoms with Crippen molar-refractivity contribution < 1.29 is 4.42 Å². The van der Waals surface area contributed by atoms with E-state index < -0.39 is 0 Å². The Morgan fingerprint density at radius 1 is 1.47 bits per heavy atom. The van der Waals surface area contributed by atoms with Crippen LogP contribution in [0.15, 0.2) is 33.1 Å². The van der Waals surface area contributed by atoms with E-state index in [1.807, 2.05) is 13.0 Å². The second-order valence-electron chi connectivity index (χ2n) is 3.80. The van der Waals surface area contributed by atoms with Gasteiger partial charge in [-0.2, -0.15) is 0 Å². The van der Waals surface area contributed by atoms with Gasteiger partial charge in [-0.15, -0.1) is 0 Å². The van der Waals surface area contributed by atoms with Crippen LogP contribution in [0.5, 0.6) is 0 Å². The van der Waals surface area contributed by atoms with Crippen molar-refractivity contribution in [3.8, 4) is 0 Å². The molecule has 0 aliphatic heterocycles. The molecule has 0 spiro atoms. The van der Waals surface area contributed by atoms with E-state index in [0.717, 1.165) is 17.5 Å². The molecule has 0 amide bonds. The average molecular weight is 199 g/mol. The van der Waals surface area contributed by atoms with Crippen molar-refractivity contribution in [2.75, 3.05) is 0 Å². The molecular weight excluding hydrogens is 190 g/mol. The van der Waals surface area contributed by atoms with E-state index in [1.54, 1.807) is 18.3 Å². The lowest BCUT2D eigenvalue weighted by molar-refractivity contribution is 0.557. The zero-order valence-corrected chi connectivity index (χ0v) is 8.28. The molecule has 1 aliphatic rings. The third-order valence-corrected chi connectivity index (χ3v) is 2.65. The maximum Gasteiger partial charge on any atom is 0.343 e. The van der Waals surface area contributed by atoms with Gasteiger partial charge in [-0.3, -0.25) is 4.98 Å². The van der Waals surface area contributed by atoms with Crippen LogP contribution in [0.3, 0.4) is 0 Å². The standard InChI is InChI=1S/C12H9NO2/c1-7-5-8-9(6-7)12(14)15-10-3-2-4-13-11(8)10/h2-4,6H,5H2,1H3. The molecule has 0 radical (unpaired) electrons. The van der Waals surface area contributed by atoms with Crippen LogP contribution < -0.4 is 5.63 Å². The lowest BCUT2D eigenvalue weighted by Crippen LogP contribution is -2.05. The van der Waals surface area contributed by atoms with Gasteiger partial charge < -0.3 is 4.42 Å². The Labute approximate surface area is 86.1 Å². The van der Waals surface area contributed by atoms with Gasteiger partial charge >= 0.3 is 5.63 Å². The van der Waals surface area contributed by atoms with Gasteiger partial charge in [-0.25, -0.2) is 4.79 Å². The number of hydrogen-bond acceptors (Lipinski definition) is 3. The number of pyridine rings is 1. The van der Waals surface area contributed by atoms with Gasteiger partial charge in [-0.05, 0) is 31.6 Å². The molecule has 2 aromatic heterocycles. The molecule has 2 aromatic rings. The van der Waals surface area contributed by atoms with E-state index in [4.69, 9.17) is 4.42 Å². The highest BCUT2D eigenvalue weighted by atomic mass is 16.4. The van der Waals surface area contributed by atoms with Gasteiger partial charge in [0.1, 0.15) is 5.52 Å². The second-order valence-corrected chi connectivity index (χ2v) is 3.80. The van der Waals surface area contributed by atoms with E-state index in [1.165, 1.54) is 5.57 Å². The fourth-order valence-electron chi connectivity index (χ4n) is 2.01. The molecule has 0 atom stereocenters. The smallest absolute Gasteiger partial charge is 0.343 e. The predicted molar refractivity (Wildman–Crippen MR) is 57.6 cm³/mol. The van der Waals surface area contributed by atoms with Crippen molar-refractivity contribution in [2.45, 2.75) is 13.3 Å². The van der Waals surface area contributed by atoms with Gasteiger partial charge in [0.15, 0.2) is 5.58 Å². The molecule has 1 aliphatic carbocycles. The minimum Gasteiger partial charge on any atom is -0.421 e. The van der Waals surface area contributed by atoms with Crippen LogP contribution in [0.1, 0.15) is 18.1 Å². The summed E-state index contributed by atoms with van der Waals surface area (Å²) in [5, 5.41) is 0. The zero-order chi connectivity index (χ0) is 10.4. The van der Waals surface area contributed by atoms with Crippen LogP contribution in [0, 0.1) is 0 Å². The van der Waals surface area contributed by atoms with Crippen molar-refractivity contribution in [1.82, 2.24) is 4.98 Å². The van der Waals surface area contributed by atoms with E-state index in [0.29, 0.717) is 11.1 Å². The predicted octanol–water partition coefficient (Wildman–Crippen LogP) is 2.15. The monoisotopic (exact) mass is 199 g/mol. The Bertz CT molecular complexity index is 638. The van der Waals surface area contributed by atoms with E-state index in [2.05, 4.69) is 4.98 Å². The third-order valence-electron chi connectivity index (χ3n) is 2.65. The summed E-state index contributed by atoms with van der Waals surface area (Å²) in [4.78, 5) is 15.9. The van der Waals surface area contributed by atoms with Gasteiger partial charge in [0.05, 0.1) is 5.56 Å². The quantitative estimate of drug-likeness (QED) is 0.652. The number of hydrogen-bond donors (Lipinski definition) is 0. The summed E-state index contributed by atoms with van der Waals surface area (Å²) in [7, 11) is 0. The Hall–Kier alpha value is -1.90. The molecule has 0 saturated carbocycles. The molecule has 0 aromatic carbocycles. The van der Waals surface area contributed by atoms with Crippen LogP contribution in [0.25, 0.3) is 17.2 Å². The van der Waals surface area contributed by atoms with Crippen LogP contribution in [-0.2, 0) is 6.42 Å². The number of allylic oxidation sites excluding steroid dienone is 1. The maximum atomic E-state index is 11.6. The van der Waals surface area contributed by atoms with Crippen LogP contribution >= 0.6 is 0 Å². The molecule has 3 nitrogen and oxygen atoms in total. The van der Waals surface area contributed by atoms with Crippen LogP contribution in [-0.4, -0.2) is 4.98 Å². The molecule has 74 valence electrons. The molecule has 0 saturated heterocycles. The highest BCUT2D eigenvalue weighted by Crippen LogP contribution is 2.27. The fourth-order valence-corrected chi connectivity index (χ4v) is 2.01. The summed E-state index contributed by atoms with van der Waals surface area (Å²) in [5.74, 6) is 0. The Morgan fingerprint density at radius 2 is 2.33 bits per heavy atom. The first-order valence-electron chi connectivity index (χ1n) is 4.83. The lowest BCUT2D eigenvalue weighted by Gasteiger charge is -2.01. The van der Waals surface area contributed by atoms with Crippen molar-refractivity contribution in [2.24, 2.45) is 0 Å². The highest BCUT2D eigenvalue weighted by Gasteiger charge is 2.18. The summed E-state index contributed by atoms with van der Waals surface area (Å²) in [6.45, 7) is 2.01. The normalized spacial score (nSPS) is 14.1. The summed E-state index contributed by atoms with van der Waals surface area (Å²) >= 11 is 0. The van der Waals surface area contributed by atoms with Crippen molar-refractivity contribution >= 4 is 17.2 Å². The molecule has 2 heterocycles. The number of aromatic nitrogens is 1. The molecule has 0 bridgehead atoms.